The first-order valence-electron chi connectivity index (χ1n) is 11.4. The monoisotopic (exact) mass is 435 g/mol. The first-order chi connectivity index (χ1) is 15.7. The van der Waals surface area contributed by atoms with Crippen LogP contribution in [0.1, 0.15) is 43.7 Å². The van der Waals surface area contributed by atoms with Gasteiger partial charge >= 0.3 is 0 Å². The van der Waals surface area contributed by atoms with Crippen molar-refractivity contribution in [2.75, 3.05) is 32.8 Å². The largest absolute Gasteiger partial charge is 0.467 e. The maximum absolute atomic E-state index is 13.3. The number of rotatable bonds is 7. The van der Waals surface area contributed by atoms with E-state index in [0.717, 1.165) is 61.6 Å². The highest BCUT2D eigenvalue weighted by Crippen LogP contribution is 2.34. The van der Waals surface area contributed by atoms with Crippen LogP contribution in [0, 0.1) is 5.92 Å². The molecule has 0 spiro atoms. The van der Waals surface area contributed by atoms with Crippen molar-refractivity contribution in [2.45, 2.75) is 32.2 Å². The number of piperidine rings is 1. The molecule has 0 radical (unpaired) electrons. The van der Waals surface area contributed by atoms with E-state index in [1.165, 1.54) is 0 Å². The van der Waals surface area contributed by atoms with Crippen molar-refractivity contribution in [1.29, 1.82) is 0 Å². The molecule has 1 saturated heterocycles. The molecule has 0 N–H and O–H groups in total. The molecule has 2 aliphatic heterocycles. The minimum atomic E-state index is -0.254. The fourth-order valence-corrected chi connectivity index (χ4v) is 4.58. The van der Waals surface area contributed by atoms with Crippen LogP contribution in [0.3, 0.4) is 0 Å². The van der Waals surface area contributed by atoms with Gasteiger partial charge in [-0.3, -0.25) is 9.69 Å². The molecular weight excluding hydrogens is 406 g/mol. The first-order valence-corrected chi connectivity index (χ1v) is 11.4. The molecule has 7 heteroatoms. The van der Waals surface area contributed by atoms with Crippen LogP contribution in [-0.2, 0) is 9.53 Å². The maximum atomic E-state index is 13.3. The molecule has 1 atom stereocenters. The number of hydrogen-bond donors (Lipinski definition) is 0. The van der Waals surface area contributed by atoms with E-state index >= 15 is 0 Å². The van der Waals surface area contributed by atoms with Crippen LogP contribution >= 0.6 is 0 Å². The highest BCUT2D eigenvalue weighted by atomic mass is 16.5. The second-order valence-electron chi connectivity index (χ2n) is 8.55. The number of furan rings is 2. The van der Waals surface area contributed by atoms with Crippen LogP contribution in [-0.4, -0.2) is 54.4 Å². The van der Waals surface area contributed by atoms with E-state index in [9.17, 15) is 4.79 Å². The third-order valence-electron chi connectivity index (χ3n) is 6.37. The van der Waals surface area contributed by atoms with Gasteiger partial charge in [0.15, 0.2) is 5.76 Å². The zero-order valence-corrected chi connectivity index (χ0v) is 18.4. The lowest BCUT2D eigenvalue weighted by Crippen LogP contribution is -2.42. The number of hydrazone groups is 1. The molecule has 7 nitrogen and oxygen atoms in total. The summed E-state index contributed by atoms with van der Waals surface area (Å²) in [5.41, 5.74) is 1.59. The van der Waals surface area contributed by atoms with E-state index in [1.54, 1.807) is 11.3 Å². The van der Waals surface area contributed by atoms with Gasteiger partial charge in [-0.25, -0.2) is 5.01 Å². The lowest BCUT2D eigenvalue weighted by Gasteiger charge is -2.32. The Kier molecular flexibility index (Phi) is 6.10. The quantitative estimate of drug-likeness (QED) is 0.548. The Morgan fingerprint density at radius 2 is 2.03 bits per heavy atom. The average Bonchev–Trinajstić information content (AvgIpc) is 3.57. The Hall–Kier alpha value is -2.90. The number of likely N-dealkylation sites (tertiary alicyclic amines) is 1. The van der Waals surface area contributed by atoms with Crippen LogP contribution in [0.2, 0.25) is 0 Å². The molecule has 1 amide bonds. The minimum absolute atomic E-state index is 0.0132. The number of nitrogens with zero attached hydrogens (tertiary/aromatic N) is 3. The van der Waals surface area contributed by atoms with Gasteiger partial charge in [0.05, 0.1) is 12.8 Å². The van der Waals surface area contributed by atoms with Gasteiger partial charge in [0.1, 0.15) is 23.1 Å². The summed E-state index contributed by atoms with van der Waals surface area (Å²) in [5, 5.41) is 7.33. The van der Waals surface area contributed by atoms with Crippen LogP contribution in [0.25, 0.3) is 11.0 Å². The van der Waals surface area contributed by atoms with Gasteiger partial charge < -0.3 is 13.6 Å². The summed E-state index contributed by atoms with van der Waals surface area (Å²) >= 11 is 0. The normalized spacial score (nSPS) is 20.2. The zero-order valence-electron chi connectivity index (χ0n) is 18.4. The molecule has 0 bridgehead atoms. The number of fused-ring (bicyclic) bond motifs is 1. The van der Waals surface area contributed by atoms with Crippen molar-refractivity contribution in [3.63, 3.8) is 0 Å². The molecule has 168 valence electrons. The van der Waals surface area contributed by atoms with Crippen LogP contribution in [0.15, 0.2) is 62.7 Å². The number of benzene rings is 1. The van der Waals surface area contributed by atoms with Crippen molar-refractivity contribution in [3.05, 3.63) is 60.2 Å². The number of carbonyl (C=O) groups excluding carboxylic acids is 1. The van der Waals surface area contributed by atoms with Gasteiger partial charge in [0.25, 0.3) is 5.91 Å². The lowest BCUT2D eigenvalue weighted by molar-refractivity contribution is -0.135. The van der Waals surface area contributed by atoms with Crippen LogP contribution in [0.4, 0.5) is 0 Å². The zero-order chi connectivity index (χ0) is 21.9. The molecule has 2 aliphatic rings. The highest BCUT2D eigenvalue weighted by Gasteiger charge is 2.36. The molecule has 1 unspecified atom stereocenters. The number of amides is 1. The Bertz CT molecular complexity index is 1050. The molecule has 2 aromatic heterocycles. The van der Waals surface area contributed by atoms with Crippen LogP contribution < -0.4 is 0 Å². The van der Waals surface area contributed by atoms with E-state index in [1.807, 2.05) is 49.4 Å². The molecular formula is C25H29N3O4. The third-order valence-corrected chi connectivity index (χ3v) is 6.37. The van der Waals surface area contributed by atoms with Gasteiger partial charge in [0.2, 0.25) is 0 Å². The second kappa shape index (κ2) is 9.30. The fourth-order valence-electron chi connectivity index (χ4n) is 4.58. The highest BCUT2D eigenvalue weighted by molar-refractivity contribution is 6.03. The fraction of sp³-hybridized carbons (Fsp3) is 0.440. The van der Waals surface area contributed by atoms with Crippen LogP contribution in [0.5, 0.6) is 0 Å². The SMILES string of the molecule is CCOCC1CCN(CC(=O)N2N=C(c3cc4ccccc4o3)CC2c2ccco2)CC1. The average molecular weight is 436 g/mol. The Labute approximate surface area is 187 Å². The van der Waals surface area contributed by atoms with Gasteiger partial charge in [-0.15, -0.1) is 0 Å². The van der Waals surface area contributed by atoms with Gasteiger partial charge in [0, 0.05) is 25.0 Å². The minimum Gasteiger partial charge on any atom is -0.467 e. The van der Waals surface area contributed by atoms with E-state index in [2.05, 4.69) is 4.90 Å². The summed E-state index contributed by atoms with van der Waals surface area (Å²) in [4.78, 5) is 15.5. The maximum Gasteiger partial charge on any atom is 0.257 e. The third kappa shape index (κ3) is 4.36. The smallest absolute Gasteiger partial charge is 0.257 e. The van der Waals surface area contributed by atoms with Crippen molar-refractivity contribution in [1.82, 2.24) is 9.91 Å². The predicted octanol–water partition coefficient (Wildman–Crippen LogP) is 4.45. The molecule has 0 saturated carbocycles. The molecule has 1 aromatic carbocycles. The Balaban J connectivity index is 1.31. The van der Waals surface area contributed by atoms with Crippen molar-refractivity contribution >= 4 is 22.6 Å². The van der Waals surface area contributed by atoms with E-state index in [4.69, 9.17) is 18.7 Å². The van der Waals surface area contributed by atoms with Crippen molar-refractivity contribution < 1.29 is 18.4 Å². The standard InChI is InChI=1S/C25H29N3O4/c1-2-30-17-18-9-11-27(12-10-18)16-25(29)28-21(23-8-5-13-31-23)15-20(26-28)24-14-19-6-3-4-7-22(19)32-24/h3-8,13-14,18,21H,2,9-12,15-17H2,1H3. The van der Waals surface area contributed by atoms with Crippen molar-refractivity contribution in [2.24, 2.45) is 11.0 Å². The summed E-state index contributed by atoms with van der Waals surface area (Å²) in [5.74, 6) is 2.01. The first kappa shape index (κ1) is 21.0. The lowest BCUT2D eigenvalue weighted by atomic mass is 9.98. The van der Waals surface area contributed by atoms with Gasteiger partial charge in [-0.2, -0.15) is 5.10 Å². The number of hydrogen-bond acceptors (Lipinski definition) is 6. The summed E-state index contributed by atoms with van der Waals surface area (Å²) < 4.78 is 17.2. The summed E-state index contributed by atoms with van der Waals surface area (Å²) in [6.07, 6.45) is 4.32. The van der Waals surface area contributed by atoms with E-state index < -0.39 is 0 Å². The van der Waals surface area contributed by atoms with Gasteiger partial charge in [-0.05, 0) is 63.0 Å². The molecule has 0 aliphatic carbocycles. The Morgan fingerprint density at radius 1 is 1.19 bits per heavy atom. The predicted molar refractivity (Wildman–Crippen MR) is 121 cm³/mol. The second-order valence-corrected chi connectivity index (χ2v) is 8.55. The topological polar surface area (TPSA) is 71.4 Å². The molecule has 4 heterocycles. The van der Waals surface area contributed by atoms with Gasteiger partial charge in [-0.1, -0.05) is 18.2 Å². The number of para-hydroxylation sites is 1. The van der Waals surface area contributed by atoms with E-state index in [0.29, 0.717) is 24.6 Å². The van der Waals surface area contributed by atoms with E-state index in [-0.39, 0.29) is 11.9 Å². The summed E-state index contributed by atoms with van der Waals surface area (Å²) in [7, 11) is 0. The Morgan fingerprint density at radius 3 is 2.78 bits per heavy atom. The molecule has 32 heavy (non-hydrogen) atoms. The van der Waals surface area contributed by atoms with Crippen molar-refractivity contribution in [3.8, 4) is 0 Å². The summed E-state index contributed by atoms with van der Waals surface area (Å²) in [6, 6.07) is 13.4. The number of carbonyl (C=O) groups is 1. The molecule has 3 aromatic rings. The molecule has 5 rings (SSSR count). The number of ether oxygens (including phenoxy) is 1. The summed E-state index contributed by atoms with van der Waals surface area (Å²) in [6.45, 7) is 5.77. The molecule has 1 fully saturated rings.